The average Bonchev–Trinajstić information content (AvgIpc) is 3.37. The molecule has 0 radical (unpaired) electrons. The molecule has 0 atom stereocenters. The largest absolute Gasteiger partial charge is 0.330 e. The Morgan fingerprint density at radius 3 is 2.43 bits per heavy atom. The first-order valence-electron chi connectivity index (χ1n) is 7.44. The fourth-order valence-corrected chi connectivity index (χ4v) is 2.52. The first-order chi connectivity index (χ1) is 11.1. The van der Waals surface area contributed by atoms with Crippen molar-refractivity contribution in [1.29, 1.82) is 0 Å². The molecule has 1 aromatic heterocycles. The van der Waals surface area contributed by atoms with Crippen molar-refractivity contribution >= 4 is 5.91 Å². The molecule has 1 aromatic carbocycles. The van der Waals surface area contributed by atoms with Crippen LogP contribution in [-0.2, 0) is 0 Å². The molecule has 1 aliphatic rings. The van der Waals surface area contributed by atoms with Crippen LogP contribution in [0.2, 0.25) is 0 Å². The molecular weight excluding hydrogens is 302 g/mol. The number of nitrogens with zero attached hydrogens (tertiary/aromatic N) is 1. The van der Waals surface area contributed by atoms with Crippen LogP contribution in [0.15, 0.2) is 47.3 Å². The second kappa shape index (κ2) is 6.32. The van der Waals surface area contributed by atoms with E-state index in [2.05, 4.69) is 4.98 Å². The molecule has 1 aliphatic carbocycles. The van der Waals surface area contributed by atoms with Gasteiger partial charge < -0.3 is 9.88 Å². The molecule has 3 rings (SSSR count). The van der Waals surface area contributed by atoms with Gasteiger partial charge in [0.05, 0.1) is 6.54 Å². The van der Waals surface area contributed by atoms with Gasteiger partial charge in [-0.3, -0.25) is 9.59 Å². The summed E-state index contributed by atoms with van der Waals surface area (Å²) in [6, 6.07) is 12.1. The normalized spacial score (nSPS) is 14.0. The van der Waals surface area contributed by atoms with Crippen LogP contribution in [0.25, 0.3) is 11.3 Å². The molecule has 0 aliphatic heterocycles. The SMILES string of the molecule is O=C(c1ccc(-c2ccccc2)[nH]c1=O)N(CC(F)F)C1CC1. The number of nitrogens with one attached hydrogen (secondary N) is 1. The van der Waals surface area contributed by atoms with Crippen molar-refractivity contribution in [2.24, 2.45) is 0 Å². The van der Waals surface area contributed by atoms with E-state index < -0.39 is 24.4 Å². The number of halogens is 2. The second-order valence-electron chi connectivity index (χ2n) is 5.56. The Morgan fingerprint density at radius 2 is 1.87 bits per heavy atom. The van der Waals surface area contributed by atoms with Gasteiger partial charge in [0.15, 0.2) is 0 Å². The Balaban J connectivity index is 1.88. The summed E-state index contributed by atoms with van der Waals surface area (Å²) >= 11 is 0. The maximum atomic E-state index is 12.7. The molecule has 0 unspecified atom stereocenters. The number of benzene rings is 1. The van der Waals surface area contributed by atoms with Gasteiger partial charge in [-0.05, 0) is 30.5 Å². The Hall–Kier alpha value is -2.50. The lowest BCUT2D eigenvalue weighted by molar-refractivity contribution is 0.0532. The van der Waals surface area contributed by atoms with Crippen molar-refractivity contribution in [1.82, 2.24) is 9.88 Å². The number of pyridine rings is 1. The number of carbonyl (C=O) groups is 1. The van der Waals surface area contributed by atoms with E-state index in [1.807, 2.05) is 30.3 Å². The highest BCUT2D eigenvalue weighted by molar-refractivity contribution is 5.94. The zero-order chi connectivity index (χ0) is 16.4. The van der Waals surface area contributed by atoms with E-state index in [1.165, 1.54) is 6.07 Å². The molecule has 1 saturated carbocycles. The minimum absolute atomic E-state index is 0.0998. The Morgan fingerprint density at radius 1 is 1.17 bits per heavy atom. The lowest BCUT2D eigenvalue weighted by Gasteiger charge is -2.21. The minimum atomic E-state index is -2.61. The maximum Gasteiger partial charge on any atom is 0.261 e. The van der Waals surface area contributed by atoms with Crippen molar-refractivity contribution in [3.8, 4) is 11.3 Å². The molecule has 1 fully saturated rings. The number of H-pyrrole nitrogens is 1. The smallest absolute Gasteiger partial charge is 0.261 e. The predicted octanol–water partition coefficient (Wildman–Crippen LogP) is 2.91. The van der Waals surface area contributed by atoms with E-state index in [1.54, 1.807) is 6.07 Å². The van der Waals surface area contributed by atoms with Crippen molar-refractivity contribution in [3.05, 3.63) is 58.4 Å². The number of aromatic amines is 1. The lowest BCUT2D eigenvalue weighted by atomic mass is 10.1. The summed E-state index contributed by atoms with van der Waals surface area (Å²) in [5, 5.41) is 0. The van der Waals surface area contributed by atoms with Crippen LogP contribution in [0.4, 0.5) is 8.78 Å². The summed E-state index contributed by atoms with van der Waals surface area (Å²) in [4.78, 5) is 28.4. The Bertz CT molecular complexity index is 755. The summed E-state index contributed by atoms with van der Waals surface area (Å²) in [6.45, 7) is -0.636. The molecule has 1 N–H and O–H groups in total. The van der Waals surface area contributed by atoms with Gasteiger partial charge in [0.2, 0.25) is 0 Å². The quantitative estimate of drug-likeness (QED) is 0.921. The highest BCUT2D eigenvalue weighted by atomic mass is 19.3. The summed E-state index contributed by atoms with van der Waals surface area (Å²) in [6.07, 6.45) is -1.20. The molecule has 1 amide bonds. The summed E-state index contributed by atoms with van der Waals surface area (Å²) in [5.74, 6) is -0.631. The van der Waals surface area contributed by atoms with Gasteiger partial charge in [0.25, 0.3) is 17.9 Å². The molecule has 120 valence electrons. The van der Waals surface area contributed by atoms with Crippen molar-refractivity contribution in [3.63, 3.8) is 0 Å². The monoisotopic (exact) mass is 318 g/mol. The number of hydrogen-bond acceptors (Lipinski definition) is 2. The molecule has 23 heavy (non-hydrogen) atoms. The van der Waals surface area contributed by atoms with Gasteiger partial charge in [-0.25, -0.2) is 8.78 Å². The highest BCUT2D eigenvalue weighted by Gasteiger charge is 2.35. The Labute approximate surface area is 131 Å². The Kier molecular flexibility index (Phi) is 4.23. The number of hydrogen-bond donors (Lipinski definition) is 1. The van der Waals surface area contributed by atoms with E-state index in [0.717, 1.165) is 10.5 Å². The van der Waals surface area contributed by atoms with Crippen LogP contribution in [0.5, 0.6) is 0 Å². The van der Waals surface area contributed by atoms with E-state index in [9.17, 15) is 18.4 Å². The van der Waals surface area contributed by atoms with Crippen molar-refractivity contribution < 1.29 is 13.6 Å². The summed E-state index contributed by atoms with van der Waals surface area (Å²) in [5.41, 5.74) is 0.739. The van der Waals surface area contributed by atoms with E-state index in [-0.39, 0.29) is 11.6 Å². The number of carbonyl (C=O) groups excluding carboxylic acids is 1. The number of rotatable bonds is 5. The van der Waals surface area contributed by atoms with Crippen molar-refractivity contribution in [2.45, 2.75) is 25.3 Å². The average molecular weight is 318 g/mol. The highest BCUT2D eigenvalue weighted by Crippen LogP contribution is 2.28. The topological polar surface area (TPSA) is 53.2 Å². The van der Waals surface area contributed by atoms with Gasteiger partial charge in [-0.15, -0.1) is 0 Å². The lowest BCUT2D eigenvalue weighted by Crippen LogP contribution is -2.39. The van der Waals surface area contributed by atoms with Crippen molar-refractivity contribution in [2.75, 3.05) is 6.54 Å². The third kappa shape index (κ3) is 3.47. The molecular formula is C17H16F2N2O2. The molecule has 0 spiro atoms. The van der Waals surface area contributed by atoms with Gasteiger partial charge in [0.1, 0.15) is 5.56 Å². The van der Waals surface area contributed by atoms with Crippen LogP contribution in [0.3, 0.4) is 0 Å². The fraction of sp³-hybridized carbons (Fsp3) is 0.294. The molecule has 6 heteroatoms. The summed E-state index contributed by atoms with van der Waals surface area (Å²) in [7, 11) is 0. The molecule has 4 nitrogen and oxygen atoms in total. The van der Waals surface area contributed by atoms with Gasteiger partial charge in [0, 0.05) is 11.7 Å². The third-order valence-electron chi connectivity index (χ3n) is 3.81. The van der Waals surface area contributed by atoms with Crippen LogP contribution in [-0.4, -0.2) is 34.8 Å². The number of aromatic nitrogens is 1. The molecule has 2 aromatic rings. The number of amides is 1. The van der Waals surface area contributed by atoms with Gasteiger partial charge >= 0.3 is 0 Å². The minimum Gasteiger partial charge on any atom is -0.330 e. The first kappa shape index (κ1) is 15.4. The van der Waals surface area contributed by atoms with Gasteiger partial charge in [-0.1, -0.05) is 30.3 Å². The summed E-state index contributed by atoms with van der Waals surface area (Å²) < 4.78 is 25.3. The zero-order valence-electron chi connectivity index (χ0n) is 12.3. The number of alkyl halides is 2. The van der Waals surface area contributed by atoms with Crippen LogP contribution >= 0.6 is 0 Å². The van der Waals surface area contributed by atoms with Crippen LogP contribution in [0, 0.1) is 0 Å². The maximum absolute atomic E-state index is 12.7. The standard InChI is InChI=1S/C17H16F2N2O2/c18-15(19)10-21(12-6-7-12)17(23)13-8-9-14(20-16(13)22)11-4-2-1-3-5-11/h1-5,8-9,12,15H,6-7,10H2,(H,20,22). The molecule has 1 heterocycles. The van der Waals surface area contributed by atoms with Crippen LogP contribution in [0.1, 0.15) is 23.2 Å². The van der Waals surface area contributed by atoms with Gasteiger partial charge in [-0.2, -0.15) is 0 Å². The van der Waals surface area contributed by atoms with E-state index in [0.29, 0.717) is 18.5 Å². The van der Waals surface area contributed by atoms with E-state index in [4.69, 9.17) is 0 Å². The predicted molar refractivity (Wildman–Crippen MR) is 82.6 cm³/mol. The molecule has 0 bridgehead atoms. The second-order valence-corrected chi connectivity index (χ2v) is 5.56. The first-order valence-corrected chi connectivity index (χ1v) is 7.44. The molecule has 0 saturated heterocycles. The van der Waals surface area contributed by atoms with E-state index >= 15 is 0 Å². The van der Waals surface area contributed by atoms with Crippen LogP contribution < -0.4 is 5.56 Å². The fourth-order valence-electron chi connectivity index (χ4n) is 2.52. The third-order valence-corrected chi connectivity index (χ3v) is 3.81. The zero-order valence-corrected chi connectivity index (χ0v) is 12.3.